The van der Waals surface area contributed by atoms with Crippen molar-refractivity contribution in [3.05, 3.63) is 36.4 Å². The summed E-state index contributed by atoms with van der Waals surface area (Å²) in [6.45, 7) is 0. The number of nitrogens with two attached hydrogens (primary N) is 2. The van der Waals surface area contributed by atoms with Gasteiger partial charge in [0.15, 0.2) is 0 Å². The van der Waals surface area contributed by atoms with Gasteiger partial charge in [-0.05, 0) is 12.8 Å². The third-order valence-electron chi connectivity index (χ3n) is 5.52. The Balaban J connectivity index is 2.18. The molecule has 4 unspecified atom stereocenters. The summed E-state index contributed by atoms with van der Waals surface area (Å²) in [5.74, 6) is -5.96. The highest BCUT2D eigenvalue weighted by molar-refractivity contribution is 5.94. The summed E-state index contributed by atoms with van der Waals surface area (Å²) in [7, 11) is 0. The summed E-state index contributed by atoms with van der Waals surface area (Å²) in [6.07, 6.45) is 4.12. The highest BCUT2D eigenvalue weighted by atomic mass is 16.4. The zero-order chi connectivity index (χ0) is 28.9. The van der Waals surface area contributed by atoms with Gasteiger partial charge in [-0.25, -0.2) is 14.8 Å². The molecule has 11 N–H and O–H groups in total. The molecule has 17 heteroatoms. The number of rotatable bonds is 17. The second kappa shape index (κ2) is 14.8. The number of aromatic amines is 2. The van der Waals surface area contributed by atoms with E-state index in [1.54, 1.807) is 0 Å². The SMILES string of the molecule is NC(=O)CCC(NC(=O)C(N)Cc1cnc[nH]1)C(=O)NC(Cc1cnc[nH]1)C(=O)NC(CCC(=O)O)C(=O)O. The van der Waals surface area contributed by atoms with Crippen LogP contribution in [0.2, 0.25) is 0 Å². The van der Waals surface area contributed by atoms with Gasteiger partial charge in [0.25, 0.3) is 0 Å². The third kappa shape index (κ3) is 10.6. The Kier molecular flexibility index (Phi) is 11.6. The van der Waals surface area contributed by atoms with Crippen LogP contribution in [0.3, 0.4) is 0 Å². The normalized spacial score (nSPS) is 13.9. The quantitative estimate of drug-likeness (QED) is 0.0952. The number of carbonyl (C=O) groups excluding carboxylic acids is 4. The Labute approximate surface area is 221 Å². The first kappa shape index (κ1) is 30.4. The fraction of sp³-hybridized carbons (Fsp3) is 0.455. The zero-order valence-electron chi connectivity index (χ0n) is 20.8. The fourth-order valence-electron chi connectivity index (χ4n) is 3.46. The topological polar surface area (TPSA) is 288 Å². The Morgan fingerprint density at radius 2 is 1.28 bits per heavy atom. The Morgan fingerprint density at radius 1 is 0.769 bits per heavy atom. The first-order valence-electron chi connectivity index (χ1n) is 11.8. The smallest absolute Gasteiger partial charge is 0.326 e. The van der Waals surface area contributed by atoms with Gasteiger partial charge >= 0.3 is 11.9 Å². The predicted molar refractivity (Wildman–Crippen MR) is 131 cm³/mol. The van der Waals surface area contributed by atoms with Gasteiger partial charge < -0.3 is 47.6 Å². The molecule has 2 aromatic heterocycles. The number of aliphatic carboxylic acids is 2. The van der Waals surface area contributed by atoms with Crippen LogP contribution in [0.1, 0.15) is 37.1 Å². The van der Waals surface area contributed by atoms with Gasteiger partial charge in [-0.15, -0.1) is 0 Å². The third-order valence-corrected chi connectivity index (χ3v) is 5.52. The lowest BCUT2D eigenvalue weighted by molar-refractivity contribution is -0.143. The molecule has 0 radical (unpaired) electrons. The molecule has 4 amide bonds. The van der Waals surface area contributed by atoms with Crippen LogP contribution >= 0.6 is 0 Å². The van der Waals surface area contributed by atoms with Gasteiger partial charge in [-0.2, -0.15) is 0 Å². The molecule has 212 valence electrons. The lowest BCUT2D eigenvalue weighted by Crippen LogP contribution is -2.58. The number of primary amides is 1. The molecule has 0 fully saturated rings. The Morgan fingerprint density at radius 3 is 1.79 bits per heavy atom. The minimum atomic E-state index is -1.54. The number of carboxylic acid groups (broad SMARTS) is 2. The molecule has 2 rings (SSSR count). The highest BCUT2D eigenvalue weighted by Crippen LogP contribution is 2.06. The number of H-pyrrole nitrogens is 2. The molecule has 17 nitrogen and oxygen atoms in total. The zero-order valence-corrected chi connectivity index (χ0v) is 20.8. The molecular formula is C22H31N9O8. The number of nitrogens with one attached hydrogen (secondary N) is 5. The maximum Gasteiger partial charge on any atom is 0.326 e. The van der Waals surface area contributed by atoms with Crippen LogP contribution in [0.15, 0.2) is 25.0 Å². The molecule has 0 saturated heterocycles. The van der Waals surface area contributed by atoms with E-state index >= 15 is 0 Å². The molecule has 0 spiro atoms. The van der Waals surface area contributed by atoms with Crippen molar-refractivity contribution in [1.82, 2.24) is 35.9 Å². The molecule has 0 bridgehead atoms. The molecule has 2 aromatic rings. The van der Waals surface area contributed by atoms with E-state index in [2.05, 4.69) is 35.9 Å². The second-order valence-corrected chi connectivity index (χ2v) is 8.63. The number of carbonyl (C=O) groups is 6. The number of imidazole rings is 2. The van der Waals surface area contributed by atoms with E-state index in [-0.39, 0.29) is 25.7 Å². The van der Waals surface area contributed by atoms with E-state index < -0.39 is 72.6 Å². The van der Waals surface area contributed by atoms with E-state index in [4.69, 9.17) is 16.6 Å². The van der Waals surface area contributed by atoms with Crippen molar-refractivity contribution >= 4 is 35.6 Å². The van der Waals surface area contributed by atoms with Crippen molar-refractivity contribution in [2.24, 2.45) is 11.5 Å². The Bertz CT molecular complexity index is 1140. The van der Waals surface area contributed by atoms with Crippen molar-refractivity contribution in [3.63, 3.8) is 0 Å². The summed E-state index contributed by atoms with van der Waals surface area (Å²) in [6, 6.07) is -5.31. The summed E-state index contributed by atoms with van der Waals surface area (Å²) in [4.78, 5) is 85.8. The van der Waals surface area contributed by atoms with Crippen LogP contribution in [0.5, 0.6) is 0 Å². The van der Waals surface area contributed by atoms with Crippen LogP contribution in [0.25, 0.3) is 0 Å². The average Bonchev–Trinajstić information content (AvgIpc) is 3.57. The molecule has 2 heterocycles. The van der Waals surface area contributed by atoms with Crippen molar-refractivity contribution in [1.29, 1.82) is 0 Å². The number of hydrogen-bond acceptors (Lipinski definition) is 9. The molecule has 0 aromatic carbocycles. The van der Waals surface area contributed by atoms with Crippen molar-refractivity contribution in [3.8, 4) is 0 Å². The molecule has 4 atom stereocenters. The van der Waals surface area contributed by atoms with Crippen LogP contribution in [-0.2, 0) is 41.6 Å². The van der Waals surface area contributed by atoms with Crippen LogP contribution in [0.4, 0.5) is 0 Å². The number of aromatic nitrogens is 4. The van der Waals surface area contributed by atoms with Gasteiger partial charge in [-0.1, -0.05) is 0 Å². The lowest BCUT2D eigenvalue weighted by Gasteiger charge is -2.25. The largest absolute Gasteiger partial charge is 0.481 e. The van der Waals surface area contributed by atoms with E-state index in [0.29, 0.717) is 11.4 Å². The van der Waals surface area contributed by atoms with E-state index in [9.17, 15) is 33.9 Å². The van der Waals surface area contributed by atoms with E-state index in [1.165, 1.54) is 25.0 Å². The lowest BCUT2D eigenvalue weighted by atomic mass is 10.1. The van der Waals surface area contributed by atoms with Crippen LogP contribution in [0, 0.1) is 0 Å². The number of carboxylic acids is 2. The van der Waals surface area contributed by atoms with Gasteiger partial charge in [-0.3, -0.25) is 24.0 Å². The van der Waals surface area contributed by atoms with Crippen LogP contribution in [-0.4, -0.2) is 89.9 Å². The summed E-state index contributed by atoms with van der Waals surface area (Å²) < 4.78 is 0. The van der Waals surface area contributed by atoms with Gasteiger partial charge in [0, 0.05) is 49.5 Å². The summed E-state index contributed by atoms with van der Waals surface area (Å²) in [5, 5.41) is 25.4. The number of hydrogen-bond donors (Lipinski definition) is 9. The van der Waals surface area contributed by atoms with Gasteiger partial charge in [0.1, 0.15) is 18.1 Å². The number of amides is 4. The predicted octanol–water partition coefficient (Wildman–Crippen LogP) is -3.09. The molecule has 0 aliphatic carbocycles. The van der Waals surface area contributed by atoms with Crippen molar-refractivity contribution in [2.45, 2.75) is 62.7 Å². The minimum Gasteiger partial charge on any atom is -0.481 e. The molecule has 0 saturated carbocycles. The first-order chi connectivity index (χ1) is 18.5. The Hall–Kier alpha value is -4.80. The fourth-order valence-corrected chi connectivity index (χ4v) is 3.46. The molecule has 0 aliphatic rings. The average molecular weight is 550 g/mol. The maximum absolute atomic E-state index is 13.2. The van der Waals surface area contributed by atoms with Crippen molar-refractivity contribution < 1.29 is 39.0 Å². The summed E-state index contributed by atoms with van der Waals surface area (Å²) in [5.41, 5.74) is 12.1. The van der Waals surface area contributed by atoms with E-state index in [0.717, 1.165) is 0 Å². The monoisotopic (exact) mass is 549 g/mol. The maximum atomic E-state index is 13.2. The number of nitrogens with zero attached hydrogens (tertiary/aromatic N) is 2. The standard InChI is InChI=1S/C22H31N9O8/c23-13(5-11-7-25-9-27-11)19(35)29-14(1-3-17(24)32)20(36)31-16(6-12-8-26-10-28-12)21(37)30-15(22(38)39)2-4-18(33)34/h7-10,13-16H,1-6,23H2,(H2,24,32)(H,25,27)(H,26,28)(H,29,35)(H,30,37)(H,31,36)(H,33,34)(H,38,39). The molecule has 0 aliphatic heterocycles. The summed E-state index contributed by atoms with van der Waals surface area (Å²) >= 11 is 0. The molecule has 39 heavy (non-hydrogen) atoms. The highest BCUT2D eigenvalue weighted by Gasteiger charge is 2.31. The van der Waals surface area contributed by atoms with Crippen LogP contribution < -0.4 is 27.4 Å². The first-order valence-corrected chi connectivity index (χ1v) is 11.8. The molecular weight excluding hydrogens is 518 g/mol. The van der Waals surface area contributed by atoms with E-state index in [1.807, 2.05) is 0 Å². The van der Waals surface area contributed by atoms with Gasteiger partial charge in [0.2, 0.25) is 23.6 Å². The van der Waals surface area contributed by atoms with Crippen molar-refractivity contribution in [2.75, 3.05) is 0 Å². The second-order valence-electron chi connectivity index (χ2n) is 8.63. The minimum absolute atomic E-state index is 0.0771. The van der Waals surface area contributed by atoms with Gasteiger partial charge in [0.05, 0.1) is 18.7 Å².